The first kappa shape index (κ1) is 13.9. The van der Waals surface area contributed by atoms with Gasteiger partial charge in [0.1, 0.15) is 0 Å². The average molecular weight is 302 g/mol. The second-order valence-corrected chi connectivity index (χ2v) is 6.20. The Labute approximate surface area is 135 Å². The molecule has 3 nitrogen and oxygen atoms in total. The molecule has 0 saturated heterocycles. The number of aromatic amines is 1. The lowest BCUT2D eigenvalue weighted by Crippen LogP contribution is -2.18. The Morgan fingerprint density at radius 1 is 1.00 bits per heavy atom. The van der Waals surface area contributed by atoms with Crippen molar-refractivity contribution in [3.63, 3.8) is 0 Å². The number of fused-ring (bicyclic) bond motifs is 3. The molecule has 0 unspecified atom stereocenters. The first-order chi connectivity index (χ1) is 11.1. The van der Waals surface area contributed by atoms with Gasteiger partial charge >= 0.3 is 5.69 Å². The first-order valence-electron chi connectivity index (χ1n) is 7.92. The molecule has 1 N–H and O–H groups in total. The highest BCUT2D eigenvalue weighted by Crippen LogP contribution is 2.35. The zero-order valence-electron chi connectivity index (χ0n) is 13.3. The summed E-state index contributed by atoms with van der Waals surface area (Å²) in [6, 6.07) is 14.6. The van der Waals surface area contributed by atoms with Gasteiger partial charge in [-0.3, -0.25) is 0 Å². The van der Waals surface area contributed by atoms with E-state index in [9.17, 15) is 4.79 Å². The maximum atomic E-state index is 12.1. The molecule has 0 aliphatic heterocycles. The van der Waals surface area contributed by atoms with E-state index in [1.807, 2.05) is 12.1 Å². The van der Waals surface area contributed by atoms with E-state index in [0.717, 1.165) is 40.9 Å². The maximum Gasteiger partial charge on any atom is 0.345 e. The molecule has 1 heterocycles. The number of benzene rings is 2. The van der Waals surface area contributed by atoms with Crippen molar-refractivity contribution < 1.29 is 0 Å². The lowest BCUT2D eigenvalue weighted by molar-refractivity contribution is 0.902. The van der Waals surface area contributed by atoms with Crippen LogP contribution in [0.1, 0.15) is 22.3 Å². The highest BCUT2D eigenvalue weighted by molar-refractivity contribution is 5.77. The largest absolute Gasteiger partial charge is 0.345 e. The summed E-state index contributed by atoms with van der Waals surface area (Å²) in [6.07, 6.45) is 1.88. The van der Waals surface area contributed by atoms with Gasteiger partial charge in [-0.05, 0) is 49.4 Å². The van der Waals surface area contributed by atoms with Crippen LogP contribution in [0.2, 0.25) is 0 Å². The Bertz CT molecular complexity index is 970. The van der Waals surface area contributed by atoms with Crippen molar-refractivity contribution in [3.05, 3.63) is 75.2 Å². The molecule has 0 atom stereocenters. The fraction of sp³-hybridized carbons (Fsp3) is 0.200. The third-order valence-corrected chi connectivity index (χ3v) is 4.74. The second kappa shape index (κ2) is 5.20. The smallest absolute Gasteiger partial charge is 0.305 e. The zero-order valence-corrected chi connectivity index (χ0v) is 13.3. The Balaban J connectivity index is 1.99. The molecule has 0 fully saturated rings. The van der Waals surface area contributed by atoms with Crippen molar-refractivity contribution >= 4 is 0 Å². The number of aryl methyl sites for hydroxylation is 3. The SMILES string of the molecule is Cc1ccc(-c2nc(=O)[nH]c3c2CCc2ccccc2-3)cc1C. The van der Waals surface area contributed by atoms with Crippen molar-refractivity contribution in [1.82, 2.24) is 9.97 Å². The molecule has 1 aromatic heterocycles. The number of nitrogens with zero attached hydrogens (tertiary/aromatic N) is 1. The van der Waals surface area contributed by atoms with Crippen LogP contribution in [-0.4, -0.2) is 9.97 Å². The number of hydrogen-bond donors (Lipinski definition) is 1. The monoisotopic (exact) mass is 302 g/mol. The van der Waals surface area contributed by atoms with Gasteiger partial charge < -0.3 is 4.98 Å². The maximum absolute atomic E-state index is 12.1. The van der Waals surface area contributed by atoms with Gasteiger partial charge in [0, 0.05) is 16.7 Å². The molecule has 0 bridgehead atoms. The summed E-state index contributed by atoms with van der Waals surface area (Å²) < 4.78 is 0. The van der Waals surface area contributed by atoms with E-state index in [0.29, 0.717) is 0 Å². The molecule has 1 aliphatic rings. The number of rotatable bonds is 1. The lowest BCUT2D eigenvalue weighted by Gasteiger charge is -2.21. The van der Waals surface area contributed by atoms with Gasteiger partial charge in [-0.1, -0.05) is 36.4 Å². The average Bonchev–Trinajstić information content (AvgIpc) is 2.56. The molecule has 2 aromatic carbocycles. The van der Waals surface area contributed by atoms with Crippen molar-refractivity contribution in [2.45, 2.75) is 26.7 Å². The minimum atomic E-state index is -0.284. The number of hydrogen-bond acceptors (Lipinski definition) is 2. The van der Waals surface area contributed by atoms with Crippen LogP contribution in [-0.2, 0) is 12.8 Å². The number of aromatic nitrogens is 2. The van der Waals surface area contributed by atoms with Crippen molar-refractivity contribution in [1.29, 1.82) is 0 Å². The topological polar surface area (TPSA) is 45.8 Å². The van der Waals surface area contributed by atoms with Gasteiger partial charge in [-0.2, -0.15) is 4.98 Å². The van der Waals surface area contributed by atoms with Crippen LogP contribution in [0.15, 0.2) is 47.3 Å². The summed E-state index contributed by atoms with van der Waals surface area (Å²) in [5, 5.41) is 0. The highest BCUT2D eigenvalue weighted by Gasteiger charge is 2.21. The van der Waals surface area contributed by atoms with E-state index < -0.39 is 0 Å². The molecule has 0 radical (unpaired) electrons. The quantitative estimate of drug-likeness (QED) is 0.743. The molecule has 1 aliphatic carbocycles. The van der Waals surface area contributed by atoms with E-state index in [-0.39, 0.29) is 5.69 Å². The predicted molar refractivity (Wildman–Crippen MR) is 92.6 cm³/mol. The molecule has 23 heavy (non-hydrogen) atoms. The lowest BCUT2D eigenvalue weighted by atomic mass is 9.86. The van der Waals surface area contributed by atoms with Crippen molar-refractivity contribution in [2.24, 2.45) is 0 Å². The van der Waals surface area contributed by atoms with E-state index in [1.54, 1.807) is 0 Å². The van der Waals surface area contributed by atoms with Crippen molar-refractivity contribution in [2.75, 3.05) is 0 Å². The van der Waals surface area contributed by atoms with Crippen LogP contribution < -0.4 is 5.69 Å². The highest BCUT2D eigenvalue weighted by atomic mass is 16.1. The Morgan fingerprint density at radius 2 is 1.83 bits per heavy atom. The molecule has 3 heteroatoms. The van der Waals surface area contributed by atoms with Gasteiger partial charge in [0.2, 0.25) is 0 Å². The fourth-order valence-electron chi connectivity index (χ4n) is 3.34. The Morgan fingerprint density at radius 3 is 2.65 bits per heavy atom. The van der Waals surface area contributed by atoms with E-state index in [1.165, 1.54) is 16.7 Å². The summed E-state index contributed by atoms with van der Waals surface area (Å²) in [6.45, 7) is 4.18. The minimum absolute atomic E-state index is 0.284. The Hall–Kier alpha value is -2.68. The van der Waals surface area contributed by atoms with Gasteiger partial charge in [-0.15, -0.1) is 0 Å². The molecule has 0 spiro atoms. The molecule has 114 valence electrons. The van der Waals surface area contributed by atoms with Crippen LogP contribution in [0.4, 0.5) is 0 Å². The summed E-state index contributed by atoms with van der Waals surface area (Å²) in [5.74, 6) is 0. The van der Waals surface area contributed by atoms with Crippen LogP contribution in [0, 0.1) is 13.8 Å². The summed E-state index contributed by atoms with van der Waals surface area (Å²) >= 11 is 0. The van der Waals surface area contributed by atoms with Crippen LogP contribution in [0.25, 0.3) is 22.5 Å². The van der Waals surface area contributed by atoms with Gasteiger partial charge in [0.15, 0.2) is 0 Å². The number of nitrogens with one attached hydrogen (secondary N) is 1. The molecular formula is C20H18N2O. The van der Waals surface area contributed by atoms with Gasteiger partial charge in [0.05, 0.1) is 11.4 Å². The van der Waals surface area contributed by atoms with Gasteiger partial charge in [0.25, 0.3) is 0 Å². The molecule has 0 saturated carbocycles. The standard InChI is InChI=1S/C20H18N2O/c1-12-7-8-15(11-13(12)2)18-17-10-9-14-5-3-4-6-16(14)19(17)22-20(23)21-18/h3-8,11H,9-10H2,1-2H3,(H,21,22,23). The fourth-order valence-corrected chi connectivity index (χ4v) is 3.34. The first-order valence-corrected chi connectivity index (χ1v) is 7.92. The zero-order chi connectivity index (χ0) is 16.0. The van der Waals surface area contributed by atoms with Crippen LogP contribution in [0.3, 0.4) is 0 Å². The van der Waals surface area contributed by atoms with Crippen LogP contribution >= 0.6 is 0 Å². The third-order valence-electron chi connectivity index (χ3n) is 4.74. The van der Waals surface area contributed by atoms with Gasteiger partial charge in [-0.25, -0.2) is 4.79 Å². The van der Waals surface area contributed by atoms with Crippen LogP contribution in [0.5, 0.6) is 0 Å². The summed E-state index contributed by atoms with van der Waals surface area (Å²) in [5.41, 5.74) is 8.51. The van der Waals surface area contributed by atoms with E-state index in [2.05, 4.69) is 54.1 Å². The number of H-pyrrole nitrogens is 1. The molecule has 0 amide bonds. The molecule has 4 rings (SSSR count). The summed E-state index contributed by atoms with van der Waals surface area (Å²) in [7, 11) is 0. The third kappa shape index (κ3) is 2.29. The minimum Gasteiger partial charge on any atom is -0.305 e. The van der Waals surface area contributed by atoms with E-state index >= 15 is 0 Å². The molecule has 3 aromatic rings. The molecular weight excluding hydrogens is 284 g/mol. The normalized spacial score (nSPS) is 12.6. The second-order valence-electron chi connectivity index (χ2n) is 6.20. The summed E-state index contributed by atoms with van der Waals surface area (Å²) in [4.78, 5) is 19.4. The van der Waals surface area contributed by atoms with E-state index in [4.69, 9.17) is 0 Å². The predicted octanol–water partition coefficient (Wildman–Crippen LogP) is 3.82. The van der Waals surface area contributed by atoms with Crippen molar-refractivity contribution in [3.8, 4) is 22.5 Å². The Kier molecular flexibility index (Phi) is 3.15.